The number of halogens is 1. The molecule has 0 spiro atoms. The number of benzene rings is 1. The lowest BCUT2D eigenvalue weighted by Gasteiger charge is -2.22. The number of imidazole rings is 1. The molecule has 2 N–H and O–H groups in total. The van der Waals surface area contributed by atoms with Crippen molar-refractivity contribution in [3.05, 3.63) is 30.1 Å². The van der Waals surface area contributed by atoms with Crippen LogP contribution in [0.5, 0.6) is 0 Å². The van der Waals surface area contributed by atoms with Gasteiger partial charge in [0.25, 0.3) is 0 Å². The minimum absolute atomic E-state index is 0.0192. The van der Waals surface area contributed by atoms with E-state index in [-0.39, 0.29) is 29.8 Å². The van der Waals surface area contributed by atoms with E-state index in [1.165, 1.54) is 49.2 Å². The number of anilines is 2. The van der Waals surface area contributed by atoms with Crippen molar-refractivity contribution in [1.82, 2.24) is 19.9 Å². The molecule has 0 unspecified atom stereocenters. The maximum absolute atomic E-state index is 13.9. The smallest absolute Gasteiger partial charge is 0.239 e. The Balaban J connectivity index is 1.56. The standard InChI is InChI=1S/C24H33FN6OS/c1-24(2,3)28-21-20(16-10-9-11-17(25)14-16)27-22-31(21)29-23(33-22)30(4)15-19(32)26-18-12-7-5-6-8-13-18/h9-11,14,18,28H,5-8,12-13,15H2,1-4H3,(H,26,32). The summed E-state index contributed by atoms with van der Waals surface area (Å²) in [7, 11) is 1.87. The first-order valence-electron chi connectivity index (χ1n) is 11.6. The van der Waals surface area contributed by atoms with Gasteiger partial charge in [-0.3, -0.25) is 4.79 Å². The van der Waals surface area contributed by atoms with Gasteiger partial charge in [-0.25, -0.2) is 9.37 Å². The second-order valence-corrected chi connectivity index (χ2v) is 10.8. The molecule has 1 aromatic carbocycles. The lowest BCUT2D eigenvalue weighted by molar-refractivity contribution is -0.120. The first kappa shape index (κ1) is 23.5. The molecule has 0 aliphatic heterocycles. The van der Waals surface area contributed by atoms with Gasteiger partial charge in [-0.1, -0.05) is 49.2 Å². The SMILES string of the molecule is CN(CC(=O)NC1CCCCCC1)c1nn2c(NC(C)(C)C)c(-c3cccc(F)c3)nc2s1. The molecule has 1 fully saturated rings. The monoisotopic (exact) mass is 472 g/mol. The van der Waals surface area contributed by atoms with E-state index >= 15 is 0 Å². The molecule has 1 amide bonds. The summed E-state index contributed by atoms with van der Waals surface area (Å²) in [5, 5.41) is 12.1. The van der Waals surface area contributed by atoms with Gasteiger partial charge in [0.15, 0.2) is 5.82 Å². The van der Waals surface area contributed by atoms with Gasteiger partial charge in [0.2, 0.25) is 16.0 Å². The lowest BCUT2D eigenvalue weighted by Crippen LogP contribution is -2.41. The summed E-state index contributed by atoms with van der Waals surface area (Å²) < 4.78 is 15.6. The average molecular weight is 473 g/mol. The molecule has 3 aromatic rings. The van der Waals surface area contributed by atoms with Crippen molar-refractivity contribution in [1.29, 1.82) is 0 Å². The highest BCUT2D eigenvalue weighted by Crippen LogP contribution is 2.34. The molecule has 9 heteroatoms. The number of fused-ring (bicyclic) bond motifs is 1. The third-order valence-electron chi connectivity index (χ3n) is 5.71. The average Bonchev–Trinajstić information content (AvgIpc) is 3.17. The van der Waals surface area contributed by atoms with Crippen LogP contribution in [0, 0.1) is 5.82 Å². The van der Waals surface area contributed by atoms with Crippen LogP contribution in [0.2, 0.25) is 0 Å². The maximum Gasteiger partial charge on any atom is 0.239 e. The quantitative estimate of drug-likeness (QED) is 0.489. The van der Waals surface area contributed by atoms with Gasteiger partial charge in [-0.15, -0.1) is 5.10 Å². The molecular weight excluding hydrogens is 439 g/mol. The van der Waals surface area contributed by atoms with Crippen LogP contribution in [0.15, 0.2) is 24.3 Å². The van der Waals surface area contributed by atoms with Crippen LogP contribution in [0.25, 0.3) is 16.2 Å². The Kier molecular flexibility index (Phi) is 6.88. The van der Waals surface area contributed by atoms with Crippen molar-refractivity contribution in [2.24, 2.45) is 0 Å². The normalized spacial score (nSPS) is 15.4. The molecule has 7 nitrogen and oxygen atoms in total. The number of hydrogen-bond donors (Lipinski definition) is 2. The zero-order valence-electron chi connectivity index (χ0n) is 19.8. The molecule has 0 saturated heterocycles. The summed E-state index contributed by atoms with van der Waals surface area (Å²) in [4.78, 5) is 19.9. The Labute approximate surface area is 198 Å². The molecule has 1 aliphatic carbocycles. The van der Waals surface area contributed by atoms with E-state index in [1.807, 2.05) is 18.0 Å². The van der Waals surface area contributed by atoms with Crippen LogP contribution in [0.4, 0.5) is 15.3 Å². The summed E-state index contributed by atoms with van der Waals surface area (Å²) in [6, 6.07) is 6.70. The molecule has 2 aromatic heterocycles. The molecule has 2 heterocycles. The highest BCUT2D eigenvalue weighted by molar-refractivity contribution is 7.20. The fraction of sp³-hybridized carbons (Fsp3) is 0.542. The number of nitrogens with zero attached hydrogens (tertiary/aromatic N) is 4. The molecule has 1 aliphatic rings. The van der Waals surface area contributed by atoms with E-state index in [9.17, 15) is 9.18 Å². The van der Waals surface area contributed by atoms with Crippen molar-refractivity contribution in [3.8, 4) is 11.3 Å². The minimum Gasteiger partial charge on any atom is -0.364 e. The van der Waals surface area contributed by atoms with Crippen LogP contribution in [0.1, 0.15) is 59.3 Å². The molecule has 4 rings (SSSR count). The van der Waals surface area contributed by atoms with E-state index in [0.29, 0.717) is 27.2 Å². The van der Waals surface area contributed by atoms with E-state index in [2.05, 4.69) is 31.4 Å². The molecular formula is C24H33FN6OS. The van der Waals surface area contributed by atoms with Gasteiger partial charge < -0.3 is 15.5 Å². The fourth-order valence-electron chi connectivity index (χ4n) is 4.18. The molecule has 0 radical (unpaired) electrons. The van der Waals surface area contributed by atoms with Gasteiger partial charge in [-0.05, 0) is 45.7 Å². The predicted molar refractivity (Wildman–Crippen MR) is 133 cm³/mol. The minimum atomic E-state index is -0.307. The molecule has 0 atom stereocenters. The van der Waals surface area contributed by atoms with E-state index in [0.717, 1.165) is 12.8 Å². The van der Waals surface area contributed by atoms with Crippen molar-refractivity contribution >= 4 is 33.2 Å². The number of aromatic nitrogens is 3. The van der Waals surface area contributed by atoms with Gasteiger partial charge in [-0.2, -0.15) is 4.52 Å². The lowest BCUT2D eigenvalue weighted by atomic mass is 10.1. The van der Waals surface area contributed by atoms with Crippen molar-refractivity contribution < 1.29 is 9.18 Å². The number of carbonyl (C=O) groups excluding carboxylic acids is 1. The van der Waals surface area contributed by atoms with Crippen LogP contribution in [-0.4, -0.2) is 45.7 Å². The Morgan fingerprint density at radius 1 is 1.24 bits per heavy atom. The van der Waals surface area contributed by atoms with Gasteiger partial charge >= 0.3 is 0 Å². The molecule has 178 valence electrons. The second kappa shape index (κ2) is 9.67. The zero-order valence-corrected chi connectivity index (χ0v) is 20.6. The van der Waals surface area contributed by atoms with E-state index in [1.54, 1.807) is 10.6 Å². The predicted octanol–water partition coefficient (Wildman–Crippen LogP) is 5.08. The summed E-state index contributed by atoms with van der Waals surface area (Å²) in [5.41, 5.74) is 1.10. The Morgan fingerprint density at radius 2 is 1.97 bits per heavy atom. The number of amides is 1. The second-order valence-electron chi connectivity index (χ2n) is 9.89. The highest BCUT2D eigenvalue weighted by Gasteiger charge is 2.24. The van der Waals surface area contributed by atoms with Crippen molar-refractivity contribution in [2.45, 2.75) is 70.9 Å². The topological polar surface area (TPSA) is 74.6 Å². The molecule has 0 bridgehead atoms. The number of likely N-dealkylation sites (N-methyl/N-ethyl adjacent to an activating group) is 1. The van der Waals surface area contributed by atoms with Crippen molar-refractivity contribution in [3.63, 3.8) is 0 Å². The van der Waals surface area contributed by atoms with Crippen LogP contribution in [0.3, 0.4) is 0 Å². The van der Waals surface area contributed by atoms with Crippen molar-refractivity contribution in [2.75, 3.05) is 23.8 Å². The number of rotatable bonds is 6. The summed E-state index contributed by atoms with van der Waals surface area (Å²) in [6.45, 7) is 6.41. The maximum atomic E-state index is 13.9. The van der Waals surface area contributed by atoms with Gasteiger partial charge in [0.05, 0.1) is 6.54 Å². The Morgan fingerprint density at radius 3 is 2.64 bits per heavy atom. The largest absolute Gasteiger partial charge is 0.364 e. The summed E-state index contributed by atoms with van der Waals surface area (Å²) >= 11 is 1.41. The number of carbonyl (C=O) groups is 1. The van der Waals surface area contributed by atoms with Crippen LogP contribution >= 0.6 is 11.3 Å². The van der Waals surface area contributed by atoms with Crippen LogP contribution < -0.4 is 15.5 Å². The van der Waals surface area contributed by atoms with Gasteiger partial charge in [0.1, 0.15) is 11.5 Å². The van der Waals surface area contributed by atoms with E-state index in [4.69, 9.17) is 10.1 Å². The van der Waals surface area contributed by atoms with E-state index < -0.39 is 0 Å². The highest BCUT2D eigenvalue weighted by atomic mass is 32.1. The first-order valence-corrected chi connectivity index (χ1v) is 12.5. The third kappa shape index (κ3) is 5.82. The van der Waals surface area contributed by atoms with Gasteiger partial charge in [0, 0.05) is 24.2 Å². The summed E-state index contributed by atoms with van der Waals surface area (Å²) in [5.74, 6) is 0.422. The number of hydrogen-bond acceptors (Lipinski definition) is 6. The third-order valence-corrected chi connectivity index (χ3v) is 6.73. The van der Waals surface area contributed by atoms with Crippen LogP contribution in [-0.2, 0) is 4.79 Å². The first-order chi connectivity index (χ1) is 15.7. The Hall–Kier alpha value is -2.68. The molecule has 33 heavy (non-hydrogen) atoms. The fourth-order valence-corrected chi connectivity index (χ4v) is 5.04. The zero-order chi connectivity index (χ0) is 23.6. The molecule has 1 saturated carbocycles. The summed E-state index contributed by atoms with van der Waals surface area (Å²) in [6.07, 6.45) is 7.00. The number of nitrogens with one attached hydrogen (secondary N) is 2. The Bertz CT molecular complexity index is 1110.